The molecule has 7 nitrogen and oxygen atoms in total. The second kappa shape index (κ2) is 8.82. The van der Waals surface area contributed by atoms with Crippen LogP contribution in [0.2, 0.25) is 0 Å². The van der Waals surface area contributed by atoms with Crippen LogP contribution in [0.3, 0.4) is 0 Å². The molecule has 0 aliphatic carbocycles. The molecule has 0 radical (unpaired) electrons. The van der Waals surface area contributed by atoms with Crippen LogP contribution in [0.5, 0.6) is 5.75 Å². The van der Waals surface area contributed by atoms with Gasteiger partial charge in [0, 0.05) is 19.2 Å². The maximum atomic E-state index is 12.7. The van der Waals surface area contributed by atoms with Crippen LogP contribution in [0.1, 0.15) is 35.4 Å². The van der Waals surface area contributed by atoms with Crippen molar-refractivity contribution in [3.05, 3.63) is 70.3 Å². The summed E-state index contributed by atoms with van der Waals surface area (Å²) in [5, 5.41) is 3.28. The van der Waals surface area contributed by atoms with Crippen molar-refractivity contribution in [3.63, 3.8) is 0 Å². The number of methoxy groups -OCH3 is 1. The summed E-state index contributed by atoms with van der Waals surface area (Å²) in [4.78, 5) is 36.0. The lowest BCUT2D eigenvalue weighted by atomic mass is 10.1. The van der Waals surface area contributed by atoms with Crippen LogP contribution in [-0.2, 0) is 6.42 Å². The number of nitrogens with zero attached hydrogens (tertiary/aromatic N) is 1. The molecule has 30 heavy (non-hydrogen) atoms. The number of rotatable bonds is 8. The first kappa shape index (κ1) is 19.7. The van der Waals surface area contributed by atoms with Gasteiger partial charge < -0.3 is 20.0 Å². The predicted molar refractivity (Wildman–Crippen MR) is 117 cm³/mol. The van der Waals surface area contributed by atoms with Crippen LogP contribution in [0, 0.1) is 0 Å². The highest BCUT2D eigenvalue weighted by Crippen LogP contribution is 2.20. The number of amides is 1. The minimum Gasteiger partial charge on any atom is -0.495 e. The minimum atomic E-state index is -0.363. The van der Waals surface area contributed by atoms with Gasteiger partial charge >= 0.3 is 0 Å². The lowest BCUT2D eigenvalue weighted by Crippen LogP contribution is -2.29. The van der Waals surface area contributed by atoms with Gasteiger partial charge in [-0.05, 0) is 37.1 Å². The van der Waals surface area contributed by atoms with E-state index in [4.69, 9.17) is 4.74 Å². The van der Waals surface area contributed by atoms with E-state index in [1.54, 1.807) is 25.3 Å². The number of aromatic amines is 2. The number of imidazole rings is 1. The highest BCUT2D eigenvalue weighted by Gasteiger charge is 2.14. The van der Waals surface area contributed by atoms with Crippen LogP contribution in [0.25, 0.3) is 21.9 Å². The van der Waals surface area contributed by atoms with Gasteiger partial charge in [0.2, 0.25) is 5.43 Å². The number of aryl methyl sites for hydroxylation is 1. The summed E-state index contributed by atoms with van der Waals surface area (Å²) < 4.78 is 5.26. The Labute approximate surface area is 173 Å². The summed E-state index contributed by atoms with van der Waals surface area (Å²) in [6, 6.07) is 13.2. The van der Waals surface area contributed by atoms with Gasteiger partial charge in [0.1, 0.15) is 17.1 Å². The topological polar surface area (TPSA) is 99.9 Å². The molecule has 4 rings (SSSR count). The molecule has 7 heteroatoms. The predicted octanol–water partition coefficient (Wildman–Crippen LogP) is 3.56. The number of carbonyl (C=O) groups excluding carboxylic acids is 1. The van der Waals surface area contributed by atoms with Crippen molar-refractivity contribution in [2.45, 2.75) is 25.7 Å². The Kier molecular flexibility index (Phi) is 5.79. The molecule has 0 saturated heterocycles. The normalized spacial score (nSPS) is 11.1. The number of ether oxygens (including phenoxy) is 1. The van der Waals surface area contributed by atoms with Crippen molar-refractivity contribution in [2.24, 2.45) is 0 Å². The van der Waals surface area contributed by atoms with Crippen molar-refractivity contribution in [1.29, 1.82) is 0 Å². The average molecular weight is 404 g/mol. The van der Waals surface area contributed by atoms with E-state index in [9.17, 15) is 9.59 Å². The number of aromatic nitrogens is 3. The standard InChI is InChI=1S/C23H24N4O3/c1-30-19-11-7-8-15-21(19)25-14-16(22(15)28)23(29)24-13-6-2-3-12-20-26-17-9-4-5-10-18(17)27-20/h4-5,7-11,14H,2-3,6,12-13H2,1H3,(H,24,29)(H,25,28)(H,26,27). The van der Waals surface area contributed by atoms with E-state index in [1.165, 1.54) is 6.20 Å². The third kappa shape index (κ3) is 4.05. The number of carbonyl (C=O) groups is 1. The molecule has 0 aliphatic rings. The summed E-state index contributed by atoms with van der Waals surface area (Å²) in [6.45, 7) is 0.522. The second-order valence-corrected chi connectivity index (χ2v) is 7.18. The number of fused-ring (bicyclic) bond motifs is 2. The third-order valence-corrected chi connectivity index (χ3v) is 5.16. The monoisotopic (exact) mass is 404 g/mol. The summed E-state index contributed by atoms with van der Waals surface area (Å²) in [7, 11) is 1.54. The summed E-state index contributed by atoms with van der Waals surface area (Å²) in [5.41, 5.74) is 2.44. The van der Waals surface area contributed by atoms with E-state index in [0.717, 1.165) is 42.5 Å². The molecule has 0 unspecified atom stereocenters. The molecule has 0 spiro atoms. The quantitative estimate of drug-likeness (QED) is 0.391. The molecule has 1 amide bonds. The fourth-order valence-electron chi connectivity index (χ4n) is 3.58. The van der Waals surface area contributed by atoms with Crippen molar-refractivity contribution < 1.29 is 9.53 Å². The Morgan fingerprint density at radius 1 is 1.10 bits per heavy atom. The molecule has 0 fully saturated rings. The van der Waals surface area contributed by atoms with Gasteiger partial charge in [-0.2, -0.15) is 0 Å². The molecule has 2 aromatic carbocycles. The van der Waals surface area contributed by atoms with Gasteiger partial charge in [-0.3, -0.25) is 9.59 Å². The van der Waals surface area contributed by atoms with Crippen molar-refractivity contribution in [1.82, 2.24) is 20.3 Å². The molecule has 0 bridgehead atoms. The number of hydrogen-bond donors (Lipinski definition) is 3. The number of unbranched alkanes of at least 4 members (excludes halogenated alkanes) is 2. The highest BCUT2D eigenvalue weighted by atomic mass is 16.5. The highest BCUT2D eigenvalue weighted by molar-refractivity contribution is 5.97. The molecular formula is C23H24N4O3. The number of para-hydroxylation sites is 3. The van der Waals surface area contributed by atoms with E-state index in [1.807, 2.05) is 24.3 Å². The Morgan fingerprint density at radius 3 is 2.80 bits per heavy atom. The maximum absolute atomic E-state index is 12.7. The number of pyridine rings is 1. The largest absolute Gasteiger partial charge is 0.495 e. The third-order valence-electron chi connectivity index (χ3n) is 5.16. The van der Waals surface area contributed by atoms with Gasteiger partial charge in [-0.1, -0.05) is 24.6 Å². The van der Waals surface area contributed by atoms with E-state index in [0.29, 0.717) is 23.2 Å². The van der Waals surface area contributed by atoms with Gasteiger partial charge in [0.15, 0.2) is 0 Å². The summed E-state index contributed by atoms with van der Waals surface area (Å²) in [5.74, 6) is 1.19. The Balaban J connectivity index is 1.27. The SMILES string of the molecule is COc1cccc2c(=O)c(C(=O)NCCCCCc3nc4ccccc4[nH]3)c[nH]c12. The number of benzene rings is 2. The smallest absolute Gasteiger partial charge is 0.256 e. The molecule has 0 aliphatic heterocycles. The summed E-state index contributed by atoms with van der Waals surface area (Å²) in [6.07, 6.45) is 5.10. The molecule has 3 N–H and O–H groups in total. The van der Waals surface area contributed by atoms with Crippen LogP contribution >= 0.6 is 0 Å². The van der Waals surface area contributed by atoms with Crippen LogP contribution in [0.15, 0.2) is 53.5 Å². The van der Waals surface area contributed by atoms with Gasteiger partial charge in [0.05, 0.1) is 29.0 Å². The maximum Gasteiger partial charge on any atom is 0.256 e. The van der Waals surface area contributed by atoms with E-state index < -0.39 is 0 Å². The fraction of sp³-hybridized carbons (Fsp3) is 0.261. The van der Waals surface area contributed by atoms with Crippen LogP contribution < -0.4 is 15.5 Å². The average Bonchev–Trinajstić information content (AvgIpc) is 3.19. The molecular weight excluding hydrogens is 380 g/mol. The number of nitrogens with one attached hydrogen (secondary N) is 3. The van der Waals surface area contributed by atoms with Crippen LogP contribution in [0.4, 0.5) is 0 Å². The molecule has 0 saturated carbocycles. The molecule has 4 aromatic rings. The van der Waals surface area contributed by atoms with Gasteiger partial charge in [-0.15, -0.1) is 0 Å². The molecule has 2 heterocycles. The van der Waals surface area contributed by atoms with Gasteiger partial charge in [-0.25, -0.2) is 4.98 Å². The first-order valence-electron chi connectivity index (χ1n) is 10.1. The zero-order valence-electron chi connectivity index (χ0n) is 16.8. The van der Waals surface area contributed by atoms with Crippen molar-refractivity contribution in [3.8, 4) is 5.75 Å². The Hall–Kier alpha value is -3.61. The lowest BCUT2D eigenvalue weighted by Gasteiger charge is -2.08. The molecule has 154 valence electrons. The van der Waals surface area contributed by atoms with E-state index >= 15 is 0 Å². The first-order valence-corrected chi connectivity index (χ1v) is 10.1. The minimum absolute atomic E-state index is 0.109. The molecule has 0 atom stereocenters. The number of hydrogen-bond acceptors (Lipinski definition) is 4. The Morgan fingerprint density at radius 2 is 1.97 bits per heavy atom. The number of H-pyrrole nitrogens is 2. The van der Waals surface area contributed by atoms with Gasteiger partial charge in [0.25, 0.3) is 5.91 Å². The van der Waals surface area contributed by atoms with Crippen molar-refractivity contribution >= 4 is 27.8 Å². The van der Waals surface area contributed by atoms with Crippen molar-refractivity contribution in [2.75, 3.05) is 13.7 Å². The van der Waals surface area contributed by atoms with Crippen LogP contribution in [-0.4, -0.2) is 34.5 Å². The molecule has 2 aromatic heterocycles. The second-order valence-electron chi connectivity index (χ2n) is 7.18. The lowest BCUT2D eigenvalue weighted by molar-refractivity contribution is 0.0951. The zero-order chi connectivity index (χ0) is 20.9. The first-order chi connectivity index (χ1) is 14.7. The zero-order valence-corrected chi connectivity index (χ0v) is 16.8. The Bertz CT molecular complexity index is 1210. The van der Waals surface area contributed by atoms with E-state index in [2.05, 4.69) is 20.3 Å². The summed E-state index contributed by atoms with van der Waals surface area (Å²) >= 11 is 0. The van der Waals surface area contributed by atoms with E-state index in [-0.39, 0.29) is 16.9 Å². The fourth-order valence-corrected chi connectivity index (χ4v) is 3.58.